The number of carbonyl (C=O) groups excluding carboxylic acids is 1. The molecule has 2 aromatic heterocycles. The Morgan fingerprint density at radius 3 is 2.87 bits per heavy atom. The first kappa shape index (κ1) is 18.2. The Hall–Kier alpha value is -3.88. The summed E-state index contributed by atoms with van der Waals surface area (Å²) in [7, 11) is 5.20. The first-order valence-electron chi connectivity index (χ1n) is 9.52. The normalized spacial score (nSPS) is 14.6. The Balaban J connectivity index is 1.66. The van der Waals surface area contributed by atoms with Gasteiger partial charge in [0.25, 0.3) is 5.91 Å². The number of carbonyl (C=O) groups is 1. The van der Waals surface area contributed by atoms with Crippen LogP contribution in [0.25, 0.3) is 11.4 Å². The number of rotatable bonds is 4. The molecule has 0 saturated carbocycles. The van der Waals surface area contributed by atoms with Crippen molar-refractivity contribution in [2.24, 2.45) is 7.05 Å². The molecule has 2 N–H and O–H groups in total. The van der Waals surface area contributed by atoms with Gasteiger partial charge in [-0.3, -0.25) is 9.48 Å². The van der Waals surface area contributed by atoms with Crippen molar-refractivity contribution in [2.45, 2.75) is 13.0 Å². The fourth-order valence-electron chi connectivity index (χ4n) is 3.97. The summed E-state index contributed by atoms with van der Waals surface area (Å²) in [6.45, 7) is 4.50. The van der Waals surface area contributed by atoms with E-state index in [2.05, 4.69) is 32.3 Å². The number of methoxy groups -OCH3 is 1. The van der Waals surface area contributed by atoms with E-state index in [4.69, 9.17) is 4.74 Å². The molecule has 0 spiro atoms. The summed E-state index contributed by atoms with van der Waals surface area (Å²) in [6.07, 6.45) is 2.24. The Labute approximate surface area is 173 Å². The minimum absolute atomic E-state index is 0.0539. The van der Waals surface area contributed by atoms with Gasteiger partial charge < -0.3 is 20.3 Å². The maximum Gasteiger partial charge on any atom is 0.258 e. The van der Waals surface area contributed by atoms with Gasteiger partial charge in [0.2, 0.25) is 0 Å². The number of pyridine rings is 1. The summed E-state index contributed by atoms with van der Waals surface area (Å²) in [5.74, 6) is 1.85. The zero-order chi connectivity index (χ0) is 21.0. The van der Waals surface area contributed by atoms with Crippen molar-refractivity contribution in [1.29, 1.82) is 0 Å². The lowest BCUT2D eigenvalue weighted by Crippen LogP contribution is -2.18. The van der Waals surface area contributed by atoms with E-state index in [1.807, 2.05) is 25.2 Å². The lowest BCUT2D eigenvalue weighted by molar-refractivity contribution is 0.0817. The van der Waals surface area contributed by atoms with Gasteiger partial charge in [-0.25, -0.2) is 9.97 Å². The molecular formula is C21H21N7O2. The first-order chi connectivity index (χ1) is 14.5. The number of hydrogen-bond donors (Lipinski definition) is 2. The van der Waals surface area contributed by atoms with Crippen molar-refractivity contribution >= 4 is 23.1 Å². The summed E-state index contributed by atoms with van der Waals surface area (Å²) in [5, 5.41) is 11.1. The second-order valence-electron chi connectivity index (χ2n) is 7.46. The number of nitrogens with zero attached hydrogens (tertiary/aromatic N) is 5. The van der Waals surface area contributed by atoms with E-state index in [0.717, 1.165) is 39.7 Å². The zero-order valence-electron chi connectivity index (χ0n) is 17.0. The molecule has 5 rings (SSSR count). The Morgan fingerprint density at radius 2 is 2.13 bits per heavy atom. The average Bonchev–Trinajstić information content (AvgIpc) is 3.39. The van der Waals surface area contributed by atoms with Crippen LogP contribution in [0.2, 0.25) is 0 Å². The molecule has 0 unspecified atom stereocenters. The number of allylic oxidation sites excluding steroid dienone is 1. The summed E-state index contributed by atoms with van der Waals surface area (Å²) in [6, 6.07) is 5.72. The van der Waals surface area contributed by atoms with Crippen LogP contribution in [-0.2, 0) is 20.0 Å². The van der Waals surface area contributed by atoms with Crippen LogP contribution in [0.1, 0.15) is 21.6 Å². The highest BCUT2D eigenvalue weighted by atomic mass is 16.5. The van der Waals surface area contributed by atoms with Crippen LogP contribution in [0, 0.1) is 0 Å². The van der Waals surface area contributed by atoms with Crippen LogP contribution >= 0.6 is 0 Å². The van der Waals surface area contributed by atoms with Crippen LogP contribution in [-0.4, -0.2) is 44.7 Å². The van der Waals surface area contributed by atoms with Crippen LogP contribution in [0.3, 0.4) is 0 Å². The predicted molar refractivity (Wildman–Crippen MR) is 113 cm³/mol. The molecule has 0 fully saturated rings. The minimum atomic E-state index is -0.0539. The zero-order valence-corrected chi connectivity index (χ0v) is 17.0. The number of hydrogen-bond acceptors (Lipinski definition) is 7. The van der Waals surface area contributed by atoms with E-state index in [1.165, 1.54) is 0 Å². The Bertz CT molecular complexity index is 1210. The Morgan fingerprint density at radius 1 is 1.30 bits per heavy atom. The number of aromatic nitrogens is 4. The van der Waals surface area contributed by atoms with Gasteiger partial charge in [0.1, 0.15) is 12.1 Å². The van der Waals surface area contributed by atoms with Gasteiger partial charge in [0, 0.05) is 31.8 Å². The lowest BCUT2D eigenvalue weighted by atomic mass is 10.0. The summed E-state index contributed by atoms with van der Waals surface area (Å²) < 4.78 is 7.37. The molecule has 9 nitrogen and oxygen atoms in total. The molecule has 0 aliphatic carbocycles. The molecule has 30 heavy (non-hydrogen) atoms. The topological polar surface area (TPSA) is 97.2 Å². The maximum atomic E-state index is 12.9. The van der Waals surface area contributed by atoms with E-state index in [9.17, 15) is 4.79 Å². The molecule has 2 aliphatic rings. The smallest absolute Gasteiger partial charge is 0.258 e. The van der Waals surface area contributed by atoms with E-state index in [-0.39, 0.29) is 5.91 Å². The second-order valence-corrected chi connectivity index (χ2v) is 7.46. The van der Waals surface area contributed by atoms with Gasteiger partial charge >= 0.3 is 0 Å². The maximum absolute atomic E-state index is 12.9. The van der Waals surface area contributed by atoms with Crippen LogP contribution in [0.5, 0.6) is 5.75 Å². The van der Waals surface area contributed by atoms with E-state index in [1.54, 1.807) is 30.1 Å². The van der Waals surface area contributed by atoms with Gasteiger partial charge in [-0.1, -0.05) is 12.6 Å². The third-order valence-corrected chi connectivity index (χ3v) is 5.33. The molecule has 0 saturated heterocycles. The molecular weight excluding hydrogens is 382 g/mol. The summed E-state index contributed by atoms with van der Waals surface area (Å²) in [4.78, 5) is 23.6. The van der Waals surface area contributed by atoms with Crippen molar-refractivity contribution in [3.63, 3.8) is 0 Å². The van der Waals surface area contributed by atoms with Crippen molar-refractivity contribution in [1.82, 2.24) is 24.6 Å². The largest absolute Gasteiger partial charge is 0.494 e. The van der Waals surface area contributed by atoms with Gasteiger partial charge in [0.05, 0.1) is 41.9 Å². The number of aryl methyl sites for hydroxylation is 1. The van der Waals surface area contributed by atoms with E-state index >= 15 is 0 Å². The molecule has 152 valence electrons. The Kier molecular flexibility index (Phi) is 3.99. The fraction of sp³-hybridized carbons (Fsp3) is 0.238. The molecule has 9 heteroatoms. The van der Waals surface area contributed by atoms with E-state index in [0.29, 0.717) is 30.1 Å². The lowest BCUT2D eigenvalue weighted by Gasteiger charge is -2.18. The van der Waals surface area contributed by atoms with Crippen molar-refractivity contribution in [2.75, 3.05) is 24.8 Å². The molecule has 3 aromatic rings. The third-order valence-electron chi connectivity index (χ3n) is 5.33. The van der Waals surface area contributed by atoms with Crippen molar-refractivity contribution in [3.8, 4) is 17.1 Å². The number of amides is 1. The average molecular weight is 403 g/mol. The molecule has 2 aliphatic heterocycles. The number of nitrogens with one attached hydrogen (secondary N) is 2. The SMILES string of the molecule is C=C1Cc2c(nc3c(c2Nc2cccc(-c4ncn(C)n4)c2OC)C(=O)N(C)C3)N1. The van der Waals surface area contributed by atoms with Crippen molar-refractivity contribution in [3.05, 3.63) is 53.6 Å². The number of anilines is 3. The highest BCUT2D eigenvalue weighted by Crippen LogP contribution is 2.43. The van der Waals surface area contributed by atoms with Crippen LogP contribution in [0.15, 0.2) is 36.8 Å². The highest BCUT2D eigenvalue weighted by Gasteiger charge is 2.34. The minimum Gasteiger partial charge on any atom is -0.494 e. The quantitative estimate of drug-likeness (QED) is 0.691. The fourth-order valence-corrected chi connectivity index (χ4v) is 3.97. The van der Waals surface area contributed by atoms with Gasteiger partial charge in [-0.2, -0.15) is 5.10 Å². The molecule has 0 bridgehead atoms. The standard InChI is InChI=1S/C21H21N7O2/c1-11-8-13-17(16-15(25-20(13)23-11)9-27(2)21(16)29)24-14-7-5-6-12(18(14)30-4)19-22-10-28(3)26-19/h5-7,10H,1,8-9H2,2-4H3,(H2,23,24,25). The van der Waals surface area contributed by atoms with Gasteiger partial charge in [-0.05, 0) is 12.1 Å². The number of para-hydroxylation sites is 1. The van der Waals surface area contributed by atoms with Gasteiger partial charge in [0.15, 0.2) is 11.6 Å². The summed E-state index contributed by atoms with van der Waals surface area (Å²) in [5.41, 5.74) is 5.33. The highest BCUT2D eigenvalue weighted by molar-refractivity contribution is 6.05. The summed E-state index contributed by atoms with van der Waals surface area (Å²) >= 11 is 0. The second kappa shape index (κ2) is 6.58. The predicted octanol–water partition coefficient (Wildman–Crippen LogP) is 2.70. The molecule has 1 amide bonds. The molecule has 1 aromatic carbocycles. The van der Waals surface area contributed by atoms with Crippen LogP contribution in [0.4, 0.5) is 17.2 Å². The molecule has 0 radical (unpaired) electrons. The number of benzene rings is 1. The van der Waals surface area contributed by atoms with E-state index < -0.39 is 0 Å². The van der Waals surface area contributed by atoms with Crippen molar-refractivity contribution < 1.29 is 9.53 Å². The molecule has 0 atom stereocenters. The molecule has 4 heterocycles. The van der Waals surface area contributed by atoms with Gasteiger partial charge in [-0.15, -0.1) is 0 Å². The third kappa shape index (κ3) is 2.70. The monoisotopic (exact) mass is 403 g/mol. The number of ether oxygens (including phenoxy) is 1. The first-order valence-corrected chi connectivity index (χ1v) is 9.52. The number of fused-ring (bicyclic) bond motifs is 2. The van der Waals surface area contributed by atoms with Crippen LogP contribution < -0.4 is 15.4 Å².